The minimum Gasteiger partial charge on any atom is -0.439 e. The van der Waals surface area contributed by atoms with Gasteiger partial charge >= 0.3 is 0 Å². The van der Waals surface area contributed by atoms with Crippen molar-refractivity contribution in [2.75, 3.05) is 4.90 Å². The number of hydrogen-bond acceptors (Lipinski definition) is 7. The Bertz CT molecular complexity index is 1470. The summed E-state index contributed by atoms with van der Waals surface area (Å²) in [6.07, 6.45) is 1.63. The molecule has 4 aromatic rings. The molecule has 2 unspecified atom stereocenters. The zero-order valence-corrected chi connectivity index (χ0v) is 21.2. The van der Waals surface area contributed by atoms with Gasteiger partial charge in [0.2, 0.25) is 11.7 Å². The molecular weight excluding hydrogens is 480 g/mol. The standard InChI is InChI=1S/C30H26N4O4/c1-18(2)20-8-10-22(11-9-20)28(35)26-27(34(30(37)29(26)36)24-16-7-19(3)32-33-24)21-12-14-23(15-13-21)38-25-6-4-5-17-31-25/h4-18,26-27H,1-3H3. The largest absolute Gasteiger partial charge is 0.439 e. The van der Waals surface area contributed by atoms with Crippen LogP contribution in [0.5, 0.6) is 11.6 Å². The van der Waals surface area contributed by atoms with Gasteiger partial charge in [0, 0.05) is 17.8 Å². The van der Waals surface area contributed by atoms with Gasteiger partial charge in [-0.25, -0.2) is 4.98 Å². The fourth-order valence-electron chi connectivity index (χ4n) is 4.51. The second-order valence-corrected chi connectivity index (χ2v) is 9.47. The first kappa shape index (κ1) is 25.0. The van der Waals surface area contributed by atoms with E-state index in [1.54, 1.807) is 73.8 Å². The molecule has 2 aromatic carbocycles. The van der Waals surface area contributed by atoms with E-state index < -0.39 is 29.4 Å². The van der Waals surface area contributed by atoms with Crippen LogP contribution < -0.4 is 9.64 Å². The summed E-state index contributed by atoms with van der Waals surface area (Å²) in [5, 5.41) is 8.21. The van der Waals surface area contributed by atoms with Crippen LogP contribution in [0, 0.1) is 12.8 Å². The van der Waals surface area contributed by atoms with Crippen LogP contribution in [0.1, 0.15) is 53.0 Å². The van der Waals surface area contributed by atoms with E-state index in [0.717, 1.165) is 5.56 Å². The third-order valence-corrected chi connectivity index (χ3v) is 6.56. The average molecular weight is 507 g/mol. The normalized spacial score (nSPS) is 17.2. The van der Waals surface area contributed by atoms with Crippen molar-refractivity contribution in [1.29, 1.82) is 0 Å². The van der Waals surface area contributed by atoms with Crippen LogP contribution in [-0.4, -0.2) is 32.7 Å². The first-order chi connectivity index (χ1) is 18.3. The number of anilines is 1. The van der Waals surface area contributed by atoms with Gasteiger partial charge < -0.3 is 4.74 Å². The predicted molar refractivity (Wildman–Crippen MR) is 141 cm³/mol. The topological polar surface area (TPSA) is 102 Å². The van der Waals surface area contributed by atoms with E-state index in [1.807, 2.05) is 18.2 Å². The molecule has 0 spiro atoms. The maximum absolute atomic E-state index is 13.7. The Morgan fingerprint density at radius 3 is 2.24 bits per heavy atom. The molecule has 2 atom stereocenters. The van der Waals surface area contributed by atoms with Crippen molar-refractivity contribution in [3.05, 3.63) is 107 Å². The first-order valence-electron chi connectivity index (χ1n) is 12.3. The van der Waals surface area contributed by atoms with Gasteiger partial charge in [-0.2, -0.15) is 5.10 Å². The van der Waals surface area contributed by atoms with Crippen LogP contribution >= 0.6 is 0 Å². The van der Waals surface area contributed by atoms with E-state index in [0.29, 0.717) is 34.4 Å². The number of rotatable bonds is 7. The summed E-state index contributed by atoms with van der Waals surface area (Å²) in [6.45, 7) is 5.90. The van der Waals surface area contributed by atoms with Crippen LogP contribution in [0.3, 0.4) is 0 Å². The summed E-state index contributed by atoms with van der Waals surface area (Å²) in [5.74, 6) is -1.76. The monoisotopic (exact) mass is 506 g/mol. The Hall–Kier alpha value is -4.72. The third kappa shape index (κ3) is 4.80. The molecule has 0 N–H and O–H groups in total. The number of aryl methyl sites for hydroxylation is 1. The Balaban J connectivity index is 1.54. The summed E-state index contributed by atoms with van der Waals surface area (Å²) >= 11 is 0. The van der Waals surface area contributed by atoms with Gasteiger partial charge in [-0.05, 0) is 54.3 Å². The SMILES string of the molecule is Cc1ccc(N2C(=O)C(=O)C(C(=O)c3ccc(C(C)C)cc3)C2c2ccc(Oc3ccccn3)cc2)nn1. The fraction of sp³-hybridized carbons (Fsp3) is 0.200. The minimum atomic E-state index is -1.24. The lowest BCUT2D eigenvalue weighted by atomic mass is 9.86. The van der Waals surface area contributed by atoms with Crippen LogP contribution in [0.2, 0.25) is 0 Å². The number of nitrogens with zero attached hydrogens (tertiary/aromatic N) is 4. The van der Waals surface area contributed by atoms with Gasteiger partial charge in [0.15, 0.2) is 11.6 Å². The second kappa shape index (κ2) is 10.3. The van der Waals surface area contributed by atoms with E-state index in [2.05, 4.69) is 29.0 Å². The minimum absolute atomic E-state index is 0.207. The molecule has 1 fully saturated rings. The lowest BCUT2D eigenvalue weighted by Crippen LogP contribution is -2.31. The van der Waals surface area contributed by atoms with Gasteiger partial charge in [-0.1, -0.05) is 56.3 Å². The molecule has 0 radical (unpaired) electrons. The molecule has 1 amide bonds. The maximum Gasteiger partial charge on any atom is 0.297 e. The first-order valence-corrected chi connectivity index (χ1v) is 12.3. The number of benzene rings is 2. The molecule has 0 aliphatic carbocycles. The van der Waals surface area contributed by atoms with E-state index in [9.17, 15) is 14.4 Å². The van der Waals surface area contributed by atoms with Gasteiger partial charge in [0.05, 0.1) is 11.7 Å². The molecule has 1 saturated heterocycles. The molecule has 0 saturated carbocycles. The van der Waals surface area contributed by atoms with E-state index in [4.69, 9.17) is 4.74 Å². The molecule has 1 aliphatic heterocycles. The molecule has 8 nitrogen and oxygen atoms in total. The molecule has 1 aliphatic rings. The molecule has 0 bridgehead atoms. The number of hydrogen-bond donors (Lipinski definition) is 0. The number of amides is 1. The van der Waals surface area contributed by atoms with Gasteiger partial charge in [0.25, 0.3) is 5.91 Å². The van der Waals surface area contributed by atoms with Gasteiger partial charge in [-0.15, -0.1) is 5.10 Å². The lowest BCUT2D eigenvalue weighted by Gasteiger charge is -2.26. The molecule has 3 heterocycles. The smallest absolute Gasteiger partial charge is 0.297 e. The quantitative estimate of drug-likeness (QED) is 0.192. The van der Waals surface area contributed by atoms with E-state index >= 15 is 0 Å². The summed E-state index contributed by atoms with van der Waals surface area (Å²) < 4.78 is 5.79. The van der Waals surface area contributed by atoms with Crippen molar-refractivity contribution < 1.29 is 19.1 Å². The summed E-state index contributed by atoms with van der Waals surface area (Å²) in [7, 11) is 0. The van der Waals surface area contributed by atoms with Crippen molar-refractivity contribution in [2.45, 2.75) is 32.7 Å². The summed E-state index contributed by atoms with van der Waals surface area (Å²) in [4.78, 5) is 45.8. The van der Waals surface area contributed by atoms with Crippen molar-refractivity contribution in [1.82, 2.24) is 15.2 Å². The number of ether oxygens (including phenoxy) is 1. The average Bonchev–Trinajstić information content (AvgIpc) is 3.20. The number of aromatic nitrogens is 3. The Morgan fingerprint density at radius 2 is 1.63 bits per heavy atom. The van der Waals surface area contributed by atoms with Crippen LogP contribution in [0.4, 0.5) is 5.82 Å². The van der Waals surface area contributed by atoms with E-state index in [1.165, 1.54) is 4.90 Å². The second-order valence-electron chi connectivity index (χ2n) is 9.47. The van der Waals surface area contributed by atoms with Crippen molar-refractivity contribution in [3.63, 3.8) is 0 Å². The number of carbonyl (C=O) groups excluding carboxylic acids is 3. The van der Waals surface area contributed by atoms with E-state index in [-0.39, 0.29) is 5.82 Å². The van der Waals surface area contributed by atoms with Crippen molar-refractivity contribution in [3.8, 4) is 11.6 Å². The fourth-order valence-corrected chi connectivity index (χ4v) is 4.51. The summed E-state index contributed by atoms with van der Waals surface area (Å²) in [5.41, 5.74) is 2.71. The maximum atomic E-state index is 13.7. The molecule has 190 valence electrons. The van der Waals surface area contributed by atoms with Crippen LogP contribution in [0.25, 0.3) is 0 Å². The van der Waals surface area contributed by atoms with Crippen molar-refractivity contribution in [2.24, 2.45) is 5.92 Å². The highest BCUT2D eigenvalue weighted by atomic mass is 16.5. The number of carbonyl (C=O) groups is 3. The molecule has 2 aromatic heterocycles. The predicted octanol–water partition coefficient (Wildman–Crippen LogP) is 5.25. The number of pyridine rings is 1. The van der Waals surface area contributed by atoms with Crippen LogP contribution in [-0.2, 0) is 9.59 Å². The third-order valence-electron chi connectivity index (χ3n) is 6.56. The Kier molecular flexibility index (Phi) is 6.79. The lowest BCUT2D eigenvalue weighted by molar-refractivity contribution is -0.135. The molecule has 38 heavy (non-hydrogen) atoms. The van der Waals surface area contributed by atoms with Crippen LogP contribution in [0.15, 0.2) is 85.1 Å². The highest BCUT2D eigenvalue weighted by molar-refractivity contribution is 6.48. The summed E-state index contributed by atoms with van der Waals surface area (Å²) in [6, 6.07) is 21.9. The number of ketones is 2. The highest BCUT2D eigenvalue weighted by Gasteiger charge is 2.52. The van der Waals surface area contributed by atoms with Gasteiger partial charge in [0.1, 0.15) is 11.7 Å². The zero-order valence-electron chi connectivity index (χ0n) is 21.2. The van der Waals surface area contributed by atoms with Crippen molar-refractivity contribution >= 4 is 23.3 Å². The molecular formula is C30H26N4O4. The van der Waals surface area contributed by atoms with Gasteiger partial charge in [-0.3, -0.25) is 19.3 Å². The highest BCUT2D eigenvalue weighted by Crippen LogP contribution is 2.41. The Morgan fingerprint density at radius 1 is 0.895 bits per heavy atom. The Labute approximate surface area is 220 Å². The number of Topliss-reactive ketones (excluding diaryl/α,β-unsaturated/α-hetero) is 2. The molecule has 5 rings (SSSR count). The zero-order chi connectivity index (χ0) is 26.8. The molecule has 8 heteroatoms.